The van der Waals surface area contributed by atoms with Crippen LogP contribution in [0.1, 0.15) is 129 Å². The van der Waals surface area contributed by atoms with Crippen LogP contribution in [-0.4, -0.2) is 41.9 Å². The first kappa shape index (κ1) is 30.3. The first-order valence-electron chi connectivity index (χ1n) is 13.2. The fourth-order valence-corrected chi connectivity index (χ4v) is 3.73. The second-order valence-corrected chi connectivity index (χ2v) is 9.07. The molecular weight excluding hydrogens is 388 g/mol. The quantitative estimate of drug-likeness (QED) is 0.119. The summed E-state index contributed by atoms with van der Waals surface area (Å²) in [6, 6.07) is 0. The SMILES string of the molecule is CC(=O)CCCCCCCC/C=C\CCCCCCCCCCCCOCC(O)CO. The molecular formula is C27H52O4. The van der Waals surface area contributed by atoms with E-state index < -0.39 is 6.10 Å². The zero-order valence-electron chi connectivity index (χ0n) is 20.5. The molecule has 0 rings (SSSR count). The highest BCUT2D eigenvalue weighted by Gasteiger charge is 2.00. The van der Waals surface area contributed by atoms with Crippen molar-refractivity contribution in [2.45, 2.75) is 135 Å². The van der Waals surface area contributed by atoms with Gasteiger partial charge in [-0.1, -0.05) is 89.2 Å². The lowest BCUT2D eigenvalue weighted by Crippen LogP contribution is -2.19. The van der Waals surface area contributed by atoms with E-state index in [1.54, 1.807) is 6.92 Å². The number of Topliss-reactive ketones (excluding diaryl/α,β-unsaturated/α-hetero) is 1. The molecule has 1 unspecified atom stereocenters. The first-order valence-corrected chi connectivity index (χ1v) is 13.2. The predicted octanol–water partition coefficient (Wildman–Crippen LogP) is 6.91. The molecule has 0 bridgehead atoms. The zero-order chi connectivity index (χ0) is 22.8. The number of aliphatic hydroxyl groups excluding tert-OH is 2. The third kappa shape index (κ3) is 27.3. The average molecular weight is 441 g/mol. The van der Waals surface area contributed by atoms with Crippen LogP contribution in [0, 0.1) is 0 Å². The van der Waals surface area contributed by atoms with Gasteiger partial charge >= 0.3 is 0 Å². The van der Waals surface area contributed by atoms with Gasteiger partial charge in [-0.3, -0.25) is 0 Å². The third-order valence-electron chi connectivity index (χ3n) is 5.75. The van der Waals surface area contributed by atoms with Gasteiger partial charge in [0.05, 0.1) is 13.2 Å². The molecule has 0 aliphatic carbocycles. The summed E-state index contributed by atoms with van der Waals surface area (Å²) in [7, 11) is 0. The molecule has 0 amide bonds. The fourth-order valence-electron chi connectivity index (χ4n) is 3.73. The number of aliphatic hydroxyl groups is 2. The molecule has 0 aliphatic rings. The number of carbonyl (C=O) groups excluding carboxylic acids is 1. The summed E-state index contributed by atoms with van der Waals surface area (Å²) in [6.45, 7) is 2.40. The predicted molar refractivity (Wildman–Crippen MR) is 131 cm³/mol. The molecule has 0 saturated carbocycles. The van der Waals surface area contributed by atoms with Gasteiger partial charge in [0, 0.05) is 13.0 Å². The van der Waals surface area contributed by atoms with Gasteiger partial charge < -0.3 is 19.7 Å². The Bertz CT molecular complexity index is 395. The van der Waals surface area contributed by atoms with Crippen molar-refractivity contribution in [3.05, 3.63) is 12.2 Å². The minimum atomic E-state index is -0.730. The van der Waals surface area contributed by atoms with Crippen LogP contribution in [0.25, 0.3) is 0 Å². The van der Waals surface area contributed by atoms with Crippen molar-refractivity contribution in [2.75, 3.05) is 19.8 Å². The summed E-state index contributed by atoms with van der Waals surface area (Å²) in [5, 5.41) is 17.8. The average Bonchev–Trinajstić information content (AvgIpc) is 2.76. The van der Waals surface area contributed by atoms with Crippen molar-refractivity contribution >= 4 is 5.78 Å². The monoisotopic (exact) mass is 440 g/mol. The molecule has 4 heteroatoms. The van der Waals surface area contributed by atoms with Crippen molar-refractivity contribution in [2.24, 2.45) is 0 Å². The van der Waals surface area contributed by atoms with Crippen molar-refractivity contribution < 1.29 is 19.7 Å². The standard InChI is InChI=1S/C27H52O4/c1-26(29)22-20-18-16-14-12-10-8-6-4-2-3-5-7-9-11-13-15-17-19-21-23-31-25-27(30)24-28/h4,6,27-28,30H,2-3,5,7-25H2,1H3/b6-4-. The van der Waals surface area contributed by atoms with Crippen LogP contribution in [0.2, 0.25) is 0 Å². The highest BCUT2D eigenvalue weighted by atomic mass is 16.5. The van der Waals surface area contributed by atoms with E-state index in [2.05, 4.69) is 12.2 Å². The lowest BCUT2D eigenvalue weighted by Gasteiger charge is -2.08. The minimum Gasteiger partial charge on any atom is -0.394 e. The summed E-state index contributed by atoms with van der Waals surface area (Å²) in [5.41, 5.74) is 0. The van der Waals surface area contributed by atoms with Crippen LogP contribution in [0.4, 0.5) is 0 Å². The van der Waals surface area contributed by atoms with Crippen LogP contribution in [0.3, 0.4) is 0 Å². The number of rotatable bonds is 25. The number of hydrogen-bond donors (Lipinski definition) is 2. The summed E-state index contributed by atoms with van der Waals surface area (Å²) in [6.07, 6.45) is 27.8. The summed E-state index contributed by atoms with van der Waals surface area (Å²) in [4.78, 5) is 10.9. The Balaban J connectivity index is 3.11. The molecule has 0 aliphatic heterocycles. The first-order chi connectivity index (χ1) is 15.2. The third-order valence-corrected chi connectivity index (χ3v) is 5.75. The molecule has 0 heterocycles. The van der Waals surface area contributed by atoms with E-state index >= 15 is 0 Å². The van der Waals surface area contributed by atoms with Gasteiger partial charge in [0.25, 0.3) is 0 Å². The molecule has 184 valence electrons. The molecule has 0 aromatic heterocycles. The largest absolute Gasteiger partial charge is 0.394 e. The van der Waals surface area contributed by atoms with Gasteiger partial charge in [-0.15, -0.1) is 0 Å². The Morgan fingerprint density at radius 1 is 0.710 bits per heavy atom. The van der Waals surface area contributed by atoms with Gasteiger partial charge in [-0.25, -0.2) is 0 Å². The van der Waals surface area contributed by atoms with E-state index in [0.29, 0.717) is 12.4 Å². The molecule has 0 aromatic rings. The van der Waals surface area contributed by atoms with E-state index in [0.717, 1.165) is 19.3 Å². The lowest BCUT2D eigenvalue weighted by atomic mass is 10.1. The summed E-state index contributed by atoms with van der Waals surface area (Å²) in [5.74, 6) is 0.328. The summed E-state index contributed by atoms with van der Waals surface area (Å²) < 4.78 is 5.31. The number of hydrogen-bond acceptors (Lipinski definition) is 4. The van der Waals surface area contributed by atoms with E-state index in [4.69, 9.17) is 14.9 Å². The van der Waals surface area contributed by atoms with Crippen LogP contribution in [0.15, 0.2) is 12.2 Å². The van der Waals surface area contributed by atoms with Crippen LogP contribution >= 0.6 is 0 Å². The molecule has 1 atom stereocenters. The van der Waals surface area contributed by atoms with Crippen LogP contribution in [-0.2, 0) is 9.53 Å². The summed E-state index contributed by atoms with van der Waals surface area (Å²) >= 11 is 0. The Hall–Kier alpha value is -0.710. The number of ketones is 1. The Morgan fingerprint density at radius 2 is 1.13 bits per heavy atom. The Kier molecular flexibility index (Phi) is 25.0. The molecule has 0 radical (unpaired) electrons. The van der Waals surface area contributed by atoms with Crippen LogP contribution in [0.5, 0.6) is 0 Å². The number of ether oxygens (including phenoxy) is 1. The second-order valence-electron chi connectivity index (χ2n) is 9.07. The fraction of sp³-hybridized carbons (Fsp3) is 0.889. The van der Waals surface area contributed by atoms with Gasteiger partial charge in [0.1, 0.15) is 11.9 Å². The molecule has 0 aromatic carbocycles. The van der Waals surface area contributed by atoms with Gasteiger partial charge in [0.15, 0.2) is 0 Å². The molecule has 0 saturated heterocycles. The molecule has 2 N–H and O–H groups in total. The number of carbonyl (C=O) groups is 1. The van der Waals surface area contributed by atoms with Crippen molar-refractivity contribution in [3.8, 4) is 0 Å². The Labute approximate surface area is 192 Å². The highest BCUT2D eigenvalue weighted by molar-refractivity contribution is 5.75. The zero-order valence-corrected chi connectivity index (χ0v) is 20.5. The molecule has 0 fully saturated rings. The molecule has 31 heavy (non-hydrogen) atoms. The van der Waals surface area contributed by atoms with Crippen molar-refractivity contribution in [1.82, 2.24) is 0 Å². The highest BCUT2D eigenvalue weighted by Crippen LogP contribution is 2.12. The smallest absolute Gasteiger partial charge is 0.129 e. The van der Waals surface area contributed by atoms with E-state index in [-0.39, 0.29) is 13.2 Å². The van der Waals surface area contributed by atoms with Gasteiger partial charge in [-0.2, -0.15) is 0 Å². The topological polar surface area (TPSA) is 66.8 Å². The van der Waals surface area contributed by atoms with Gasteiger partial charge in [-0.05, 0) is 45.4 Å². The van der Waals surface area contributed by atoms with Crippen LogP contribution < -0.4 is 0 Å². The number of allylic oxidation sites excluding steroid dienone is 2. The van der Waals surface area contributed by atoms with E-state index in [1.165, 1.54) is 103 Å². The van der Waals surface area contributed by atoms with E-state index in [9.17, 15) is 4.79 Å². The normalized spacial score (nSPS) is 12.6. The van der Waals surface area contributed by atoms with Crippen molar-refractivity contribution in [1.29, 1.82) is 0 Å². The second kappa shape index (κ2) is 25.5. The lowest BCUT2D eigenvalue weighted by molar-refractivity contribution is -0.117. The molecule has 0 spiro atoms. The maximum absolute atomic E-state index is 10.9. The van der Waals surface area contributed by atoms with Gasteiger partial charge in [0.2, 0.25) is 0 Å². The maximum Gasteiger partial charge on any atom is 0.129 e. The van der Waals surface area contributed by atoms with E-state index in [1.807, 2.05) is 0 Å². The molecule has 4 nitrogen and oxygen atoms in total. The minimum absolute atomic E-state index is 0.219. The number of unbranched alkanes of at least 4 members (excludes halogenated alkanes) is 16. The Morgan fingerprint density at radius 3 is 1.58 bits per heavy atom. The maximum atomic E-state index is 10.9. The van der Waals surface area contributed by atoms with Crippen molar-refractivity contribution in [3.63, 3.8) is 0 Å².